The van der Waals surface area contributed by atoms with Gasteiger partial charge < -0.3 is 4.74 Å². The molecule has 0 unspecified atom stereocenters. The number of ether oxygens (including phenoxy) is 1. The van der Waals surface area contributed by atoms with Crippen LogP contribution >= 0.6 is 0 Å². The topological polar surface area (TPSA) is 26.3 Å². The van der Waals surface area contributed by atoms with Crippen molar-refractivity contribution in [2.24, 2.45) is 5.92 Å². The van der Waals surface area contributed by atoms with E-state index in [2.05, 4.69) is 32.9 Å². The summed E-state index contributed by atoms with van der Waals surface area (Å²) in [6.07, 6.45) is 2.82. The summed E-state index contributed by atoms with van der Waals surface area (Å²) in [5, 5.41) is 0. The van der Waals surface area contributed by atoms with E-state index in [-0.39, 0.29) is 17.1 Å². The fraction of sp³-hybridized carbons (Fsp3) is 0.588. The van der Waals surface area contributed by atoms with Gasteiger partial charge in [-0.15, -0.1) is 0 Å². The quantitative estimate of drug-likeness (QED) is 0.765. The van der Waals surface area contributed by atoms with Gasteiger partial charge in [0.25, 0.3) is 0 Å². The first-order valence-corrected chi connectivity index (χ1v) is 7.27. The number of ketones is 1. The van der Waals surface area contributed by atoms with Gasteiger partial charge in [0.1, 0.15) is 0 Å². The zero-order valence-electron chi connectivity index (χ0n) is 12.2. The molecule has 0 radical (unpaired) electrons. The SMILES string of the molecule is CCC(C)(C)c1ccc(C(=O)C2CCOCC2)cc1. The Hall–Kier alpha value is -1.15. The highest BCUT2D eigenvalue weighted by Crippen LogP contribution is 2.27. The Morgan fingerprint density at radius 1 is 1.21 bits per heavy atom. The summed E-state index contributed by atoms with van der Waals surface area (Å²) in [6, 6.07) is 8.20. The van der Waals surface area contributed by atoms with Crippen molar-refractivity contribution in [3.63, 3.8) is 0 Å². The maximum atomic E-state index is 12.4. The van der Waals surface area contributed by atoms with E-state index in [9.17, 15) is 4.79 Å². The molecule has 2 rings (SSSR count). The first-order valence-electron chi connectivity index (χ1n) is 7.27. The average Bonchev–Trinajstić information content (AvgIpc) is 2.47. The van der Waals surface area contributed by atoms with Crippen LogP contribution in [0.25, 0.3) is 0 Å². The number of carbonyl (C=O) groups excluding carboxylic acids is 1. The van der Waals surface area contributed by atoms with Crippen molar-refractivity contribution in [3.8, 4) is 0 Å². The molecular weight excluding hydrogens is 236 g/mol. The van der Waals surface area contributed by atoms with Crippen molar-refractivity contribution in [2.45, 2.75) is 45.4 Å². The number of benzene rings is 1. The summed E-state index contributed by atoms with van der Waals surface area (Å²) in [6.45, 7) is 8.11. The fourth-order valence-electron chi connectivity index (χ4n) is 2.49. The second kappa shape index (κ2) is 5.87. The lowest BCUT2D eigenvalue weighted by Gasteiger charge is -2.24. The summed E-state index contributed by atoms with van der Waals surface area (Å²) in [5.41, 5.74) is 2.33. The first kappa shape index (κ1) is 14.3. The molecular formula is C17H24O2. The highest BCUT2D eigenvalue weighted by Gasteiger charge is 2.23. The third-order valence-electron chi connectivity index (χ3n) is 4.43. The van der Waals surface area contributed by atoms with E-state index in [1.807, 2.05) is 12.1 Å². The molecule has 0 spiro atoms. The second-order valence-corrected chi connectivity index (χ2v) is 6.07. The predicted molar refractivity (Wildman–Crippen MR) is 77.6 cm³/mol. The minimum Gasteiger partial charge on any atom is -0.381 e. The van der Waals surface area contributed by atoms with Crippen molar-refractivity contribution in [2.75, 3.05) is 13.2 Å². The lowest BCUT2D eigenvalue weighted by atomic mass is 9.81. The van der Waals surface area contributed by atoms with Crippen LogP contribution in [-0.2, 0) is 10.2 Å². The number of Topliss-reactive ketones (excluding diaryl/α,β-unsaturated/α-hetero) is 1. The molecule has 1 aliphatic rings. The molecule has 1 aromatic rings. The van der Waals surface area contributed by atoms with Gasteiger partial charge in [-0.05, 0) is 30.2 Å². The Morgan fingerprint density at radius 3 is 2.32 bits per heavy atom. The van der Waals surface area contributed by atoms with Gasteiger partial charge in [0.15, 0.2) is 5.78 Å². The summed E-state index contributed by atoms with van der Waals surface area (Å²) in [4.78, 5) is 12.4. The van der Waals surface area contributed by atoms with Crippen LogP contribution in [0.2, 0.25) is 0 Å². The molecule has 0 bridgehead atoms. The first-order chi connectivity index (χ1) is 9.04. The number of rotatable bonds is 4. The summed E-state index contributed by atoms with van der Waals surface area (Å²) < 4.78 is 5.31. The highest BCUT2D eigenvalue weighted by molar-refractivity contribution is 5.97. The highest BCUT2D eigenvalue weighted by atomic mass is 16.5. The smallest absolute Gasteiger partial charge is 0.166 e. The van der Waals surface area contributed by atoms with Crippen LogP contribution in [0.1, 0.15) is 56.0 Å². The van der Waals surface area contributed by atoms with E-state index in [4.69, 9.17) is 4.74 Å². The second-order valence-electron chi connectivity index (χ2n) is 6.07. The Bertz CT molecular complexity index is 425. The van der Waals surface area contributed by atoms with E-state index in [1.54, 1.807) is 0 Å². The predicted octanol–water partition coefficient (Wildman–Crippen LogP) is 3.98. The van der Waals surface area contributed by atoms with Crippen LogP contribution in [0.5, 0.6) is 0 Å². The summed E-state index contributed by atoms with van der Waals surface area (Å²) in [7, 11) is 0. The number of hydrogen-bond donors (Lipinski definition) is 0. The normalized spacial score (nSPS) is 17.4. The minimum absolute atomic E-state index is 0.152. The van der Waals surface area contributed by atoms with Crippen LogP contribution in [0.4, 0.5) is 0 Å². The summed E-state index contributed by atoms with van der Waals surface area (Å²) in [5.74, 6) is 0.433. The Labute approximate surface area is 116 Å². The third-order valence-corrected chi connectivity index (χ3v) is 4.43. The molecule has 1 heterocycles. The molecule has 2 nitrogen and oxygen atoms in total. The molecule has 1 aromatic carbocycles. The largest absolute Gasteiger partial charge is 0.381 e. The monoisotopic (exact) mass is 260 g/mol. The molecule has 2 heteroatoms. The Balaban J connectivity index is 2.11. The molecule has 0 amide bonds. The van der Waals surface area contributed by atoms with Gasteiger partial charge in [0, 0.05) is 24.7 Å². The fourth-order valence-corrected chi connectivity index (χ4v) is 2.49. The van der Waals surface area contributed by atoms with Crippen molar-refractivity contribution < 1.29 is 9.53 Å². The van der Waals surface area contributed by atoms with Crippen LogP contribution in [0.3, 0.4) is 0 Å². The molecule has 1 fully saturated rings. The van der Waals surface area contributed by atoms with Gasteiger partial charge in [0.05, 0.1) is 0 Å². The van der Waals surface area contributed by atoms with Crippen molar-refractivity contribution in [3.05, 3.63) is 35.4 Å². The van der Waals surface area contributed by atoms with Gasteiger partial charge in [-0.3, -0.25) is 4.79 Å². The van der Waals surface area contributed by atoms with Crippen LogP contribution in [-0.4, -0.2) is 19.0 Å². The van der Waals surface area contributed by atoms with Crippen LogP contribution < -0.4 is 0 Å². The molecule has 0 saturated carbocycles. The molecule has 0 N–H and O–H groups in total. The van der Waals surface area contributed by atoms with Crippen LogP contribution in [0.15, 0.2) is 24.3 Å². The van der Waals surface area contributed by atoms with E-state index in [0.717, 1.165) is 38.0 Å². The summed E-state index contributed by atoms with van der Waals surface area (Å²) >= 11 is 0. The van der Waals surface area contributed by atoms with Gasteiger partial charge in [-0.1, -0.05) is 45.0 Å². The molecule has 1 aliphatic heterocycles. The van der Waals surface area contributed by atoms with E-state index in [0.29, 0.717) is 0 Å². The molecule has 1 saturated heterocycles. The zero-order chi connectivity index (χ0) is 13.9. The zero-order valence-corrected chi connectivity index (χ0v) is 12.2. The van der Waals surface area contributed by atoms with Gasteiger partial charge >= 0.3 is 0 Å². The number of hydrogen-bond acceptors (Lipinski definition) is 2. The Kier molecular flexibility index (Phi) is 4.41. The van der Waals surface area contributed by atoms with Gasteiger partial charge in [-0.25, -0.2) is 0 Å². The van der Waals surface area contributed by atoms with Crippen LogP contribution in [0, 0.1) is 5.92 Å². The van der Waals surface area contributed by atoms with E-state index >= 15 is 0 Å². The average molecular weight is 260 g/mol. The van der Waals surface area contributed by atoms with Crippen molar-refractivity contribution >= 4 is 5.78 Å². The minimum atomic E-state index is 0.152. The lowest BCUT2D eigenvalue weighted by molar-refractivity contribution is 0.0545. The maximum Gasteiger partial charge on any atom is 0.166 e. The maximum absolute atomic E-state index is 12.4. The Morgan fingerprint density at radius 2 is 1.79 bits per heavy atom. The molecule has 104 valence electrons. The molecule has 0 atom stereocenters. The van der Waals surface area contributed by atoms with Gasteiger partial charge in [-0.2, -0.15) is 0 Å². The molecule has 19 heavy (non-hydrogen) atoms. The molecule has 0 aliphatic carbocycles. The van der Waals surface area contributed by atoms with E-state index < -0.39 is 0 Å². The third kappa shape index (κ3) is 3.24. The lowest BCUT2D eigenvalue weighted by Crippen LogP contribution is -2.23. The number of carbonyl (C=O) groups is 1. The standard InChI is InChI=1S/C17H24O2/c1-4-17(2,3)15-7-5-13(6-8-15)16(18)14-9-11-19-12-10-14/h5-8,14H,4,9-12H2,1-3H3. The van der Waals surface area contributed by atoms with Crippen molar-refractivity contribution in [1.29, 1.82) is 0 Å². The van der Waals surface area contributed by atoms with Crippen molar-refractivity contribution in [1.82, 2.24) is 0 Å². The molecule has 0 aromatic heterocycles. The van der Waals surface area contributed by atoms with E-state index in [1.165, 1.54) is 5.56 Å². The van der Waals surface area contributed by atoms with Gasteiger partial charge in [0.2, 0.25) is 0 Å².